The van der Waals surface area contributed by atoms with Gasteiger partial charge in [0.15, 0.2) is 11.5 Å². The quantitative estimate of drug-likeness (QED) is 0.209. The molecule has 0 amide bonds. The molecule has 2 atom stereocenters. The molecule has 2 aromatic heterocycles. The third kappa shape index (κ3) is 5.27. The zero-order chi connectivity index (χ0) is 27.7. The van der Waals surface area contributed by atoms with E-state index in [1.807, 2.05) is 36.7 Å². The number of anilines is 1. The van der Waals surface area contributed by atoms with Gasteiger partial charge in [0.05, 0.1) is 42.9 Å². The van der Waals surface area contributed by atoms with Gasteiger partial charge < -0.3 is 26.3 Å². The molecule has 1 saturated carbocycles. The predicted octanol–water partition coefficient (Wildman–Crippen LogP) is 5.36. The lowest BCUT2D eigenvalue weighted by Crippen LogP contribution is -2.24. The van der Waals surface area contributed by atoms with Crippen molar-refractivity contribution in [1.29, 1.82) is 0 Å². The second-order valence-corrected chi connectivity index (χ2v) is 10.1. The number of amidine groups is 1. The largest absolute Gasteiger partial charge is 0.493 e. The molecule has 1 fully saturated rings. The van der Waals surface area contributed by atoms with Crippen molar-refractivity contribution >= 4 is 22.7 Å². The first-order chi connectivity index (χ1) is 18.8. The molecule has 0 unspecified atom stereocenters. The van der Waals surface area contributed by atoms with Crippen molar-refractivity contribution in [2.45, 2.75) is 51.6 Å². The number of aliphatic imine (C=N–C) groups is 1. The summed E-state index contributed by atoms with van der Waals surface area (Å²) in [6, 6.07) is 11.0. The van der Waals surface area contributed by atoms with Crippen molar-refractivity contribution in [2.24, 2.45) is 16.5 Å². The zero-order valence-electron chi connectivity index (χ0n) is 22.8. The van der Waals surface area contributed by atoms with Crippen LogP contribution in [0, 0.1) is 12.7 Å². The summed E-state index contributed by atoms with van der Waals surface area (Å²) < 4.78 is 26.9. The van der Waals surface area contributed by atoms with Gasteiger partial charge in [-0.25, -0.2) is 13.9 Å². The monoisotopic (exact) mass is 530 g/mol. The van der Waals surface area contributed by atoms with Gasteiger partial charge in [-0.3, -0.25) is 0 Å². The standard InChI is InChI=1S/C30H35FN6O2/c1-5-18-6-7-20(31)12-25(18)36-30(33)24-15-34-37-16-19(23-14-28(39-4)27(38-3)10-17(23)2)11-26(37)29(24)35-22-9-8-21(32)13-22/h6-7,10-12,14-16,21-22,35H,5,8-9,13,32H2,1-4H3,(H2,33,36)/t21-,22+/m1/s1. The van der Waals surface area contributed by atoms with E-state index in [-0.39, 0.29) is 23.7 Å². The van der Waals surface area contributed by atoms with E-state index < -0.39 is 0 Å². The molecule has 5 N–H and O–H groups in total. The number of ether oxygens (including phenoxy) is 2. The maximum Gasteiger partial charge on any atom is 0.161 e. The molecule has 39 heavy (non-hydrogen) atoms. The summed E-state index contributed by atoms with van der Waals surface area (Å²) >= 11 is 0. The van der Waals surface area contributed by atoms with Crippen LogP contribution in [-0.2, 0) is 6.42 Å². The van der Waals surface area contributed by atoms with Crippen LogP contribution in [0.1, 0.15) is 42.9 Å². The minimum absolute atomic E-state index is 0.158. The molecule has 0 saturated heterocycles. The Labute approximate surface area is 227 Å². The first-order valence-electron chi connectivity index (χ1n) is 13.2. The number of hydrogen-bond donors (Lipinski definition) is 3. The van der Waals surface area contributed by atoms with Gasteiger partial charge in [0.1, 0.15) is 11.7 Å². The van der Waals surface area contributed by atoms with Crippen LogP contribution >= 0.6 is 0 Å². The number of benzene rings is 2. The second kappa shape index (κ2) is 10.9. The summed E-state index contributed by atoms with van der Waals surface area (Å²) in [7, 11) is 3.25. The minimum atomic E-state index is -0.354. The Morgan fingerprint density at radius 1 is 1.15 bits per heavy atom. The predicted molar refractivity (Wildman–Crippen MR) is 154 cm³/mol. The van der Waals surface area contributed by atoms with Crippen LogP contribution in [0.3, 0.4) is 0 Å². The first-order valence-corrected chi connectivity index (χ1v) is 13.2. The normalized spacial score (nSPS) is 17.5. The summed E-state index contributed by atoms with van der Waals surface area (Å²) in [4.78, 5) is 4.65. The third-order valence-corrected chi connectivity index (χ3v) is 7.45. The maximum absolute atomic E-state index is 14.1. The molecule has 5 rings (SSSR count). The highest BCUT2D eigenvalue weighted by atomic mass is 19.1. The fourth-order valence-corrected chi connectivity index (χ4v) is 5.32. The number of aromatic nitrogens is 2. The average molecular weight is 531 g/mol. The number of nitrogens with two attached hydrogens (primary N) is 2. The number of aryl methyl sites for hydroxylation is 2. The summed E-state index contributed by atoms with van der Waals surface area (Å²) in [6.07, 6.45) is 7.17. The molecule has 0 aliphatic heterocycles. The molecule has 1 aliphatic carbocycles. The first kappa shape index (κ1) is 26.5. The van der Waals surface area contributed by atoms with E-state index in [4.69, 9.17) is 20.9 Å². The van der Waals surface area contributed by atoms with Crippen molar-refractivity contribution in [3.63, 3.8) is 0 Å². The van der Waals surface area contributed by atoms with Crippen molar-refractivity contribution in [1.82, 2.24) is 9.61 Å². The number of fused-ring (bicyclic) bond motifs is 1. The average Bonchev–Trinajstić information content (AvgIpc) is 3.54. The van der Waals surface area contributed by atoms with E-state index in [2.05, 4.69) is 21.5 Å². The fraction of sp³-hybridized carbons (Fsp3) is 0.333. The number of hydrogen-bond acceptors (Lipinski definition) is 6. The van der Waals surface area contributed by atoms with Gasteiger partial charge in [-0.2, -0.15) is 5.10 Å². The number of rotatable bonds is 8. The molecule has 204 valence electrons. The molecule has 0 bridgehead atoms. The van der Waals surface area contributed by atoms with E-state index in [1.165, 1.54) is 12.1 Å². The lowest BCUT2D eigenvalue weighted by Gasteiger charge is -2.18. The highest BCUT2D eigenvalue weighted by Gasteiger charge is 2.25. The number of nitrogens with one attached hydrogen (secondary N) is 1. The number of methoxy groups -OCH3 is 2. The highest BCUT2D eigenvalue weighted by molar-refractivity contribution is 6.06. The van der Waals surface area contributed by atoms with Crippen LogP contribution < -0.4 is 26.3 Å². The molecule has 1 aliphatic rings. The van der Waals surface area contributed by atoms with Gasteiger partial charge in [0.25, 0.3) is 0 Å². The Bertz CT molecular complexity index is 1550. The Hall–Kier alpha value is -4.11. The fourth-order valence-electron chi connectivity index (χ4n) is 5.32. The van der Waals surface area contributed by atoms with Crippen LogP contribution in [0.15, 0.2) is 53.8 Å². The molecule has 0 spiro atoms. The lowest BCUT2D eigenvalue weighted by atomic mass is 10.0. The van der Waals surface area contributed by atoms with Crippen molar-refractivity contribution < 1.29 is 13.9 Å². The summed E-state index contributed by atoms with van der Waals surface area (Å²) in [5, 5.41) is 8.36. The molecule has 9 heteroatoms. The van der Waals surface area contributed by atoms with Gasteiger partial charge in [0, 0.05) is 23.8 Å². The van der Waals surface area contributed by atoms with Crippen LogP contribution in [0.4, 0.5) is 15.8 Å². The summed E-state index contributed by atoms with van der Waals surface area (Å²) in [5.41, 5.74) is 19.6. The van der Waals surface area contributed by atoms with E-state index in [9.17, 15) is 4.39 Å². The van der Waals surface area contributed by atoms with Crippen LogP contribution in [0.25, 0.3) is 16.6 Å². The number of nitrogens with zero attached hydrogens (tertiary/aromatic N) is 3. The molecular weight excluding hydrogens is 495 g/mol. The van der Waals surface area contributed by atoms with E-state index in [1.54, 1.807) is 26.5 Å². The highest BCUT2D eigenvalue weighted by Crippen LogP contribution is 2.38. The van der Waals surface area contributed by atoms with Crippen molar-refractivity contribution in [3.8, 4) is 22.6 Å². The van der Waals surface area contributed by atoms with Crippen LogP contribution in [-0.4, -0.2) is 41.8 Å². The SMILES string of the molecule is CCc1ccc(F)cc1N=C(N)c1cnn2cc(-c3cc(OC)c(OC)cc3C)cc2c1N[C@H]1CC[C@@H](N)C1. The second-order valence-electron chi connectivity index (χ2n) is 10.1. The van der Waals surface area contributed by atoms with Gasteiger partial charge in [-0.05, 0) is 79.6 Å². The molecule has 8 nitrogen and oxygen atoms in total. The molecule has 4 aromatic rings. The maximum atomic E-state index is 14.1. The van der Waals surface area contributed by atoms with Crippen molar-refractivity contribution in [2.75, 3.05) is 19.5 Å². The molecular formula is C30H35FN6O2. The van der Waals surface area contributed by atoms with Gasteiger partial charge in [-0.1, -0.05) is 13.0 Å². The molecule has 2 heterocycles. The summed E-state index contributed by atoms with van der Waals surface area (Å²) in [6.45, 7) is 4.04. The zero-order valence-corrected chi connectivity index (χ0v) is 22.8. The van der Waals surface area contributed by atoms with E-state index >= 15 is 0 Å². The molecule has 2 aromatic carbocycles. The Morgan fingerprint density at radius 3 is 2.62 bits per heavy atom. The Kier molecular flexibility index (Phi) is 7.43. The topological polar surface area (TPSA) is 112 Å². The van der Waals surface area contributed by atoms with Gasteiger partial charge in [-0.15, -0.1) is 0 Å². The third-order valence-electron chi connectivity index (χ3n) is 7.45. The van der Waals surface area contributed by atoms with Gasteiger partial charge >= 0.3 is 0 Å². The molecule has 0 radical (unpaired) electrons. The van der Waals surface area contributed by atoms with Crippen LogP contribution in [0.5, 0.6) is 11.5 Å². The Morgan fingerprint density at radius 2 is 1.92 bits per heavy atom. The van der Waals surface area contributed by atoms with Crippen molar-refractivity contribution in [3.05, 3.63) is 71.3 Å². The van der Waals surface area contributed by atoms with Gasteiger partial charge in [0.2, 0.25) is 0 Å². The number of halogens is 1. The smallest absolute Gasteiger partial charge is 0.161 e. The Balaban J connectivity index is 1.65. The van der Waals surface area contributed by atoms with Crippen LogP contribution in [0.2, 0.25) is 0 Å². The summed E-state index contributed by atoms with van der Waals surface area (Å²) in [5.74, 6) is 1.24. The van der Waals surface area contributed by atoms with E-state index in [0.717, 1.165) is 52.7 Å². The lowest BCUT2D eigenvalue weighted by molar-refractivity contribution is 0.355. The van der Waals surface area contributed by atoms with E-state index in [0.29, 0.717) is 29.2 Å². The minimum Gasteiger partial charge on any atom is -0.493 e.